The number of hydrogen-bond acceptors (Lipinski definition) is 5. The monoisotopic (exact) mass is 371 g/mol. The van der Waals surface area contributed by atoms with E-state index in [-0.39, 0.29) is 17.7 Å². The summed E-state index contributed by atoms with van der Waals surface area (Å²) in [5.74, 6) is 1.000. The van der Waals surface area contributed by atoms with Gasteiger partial charge in [-0.3, -0.25) is 25.4 Å². The highest BCUT2D eigenvalue weighted by atomic mass is 16.2. The zero-order chi connectivity index (χ0) is 18.8. The van der Waals surface area contributed by atoms with E-state index in [1.807, 2.05) is 22.9 Å². The number of hydrogen-bond donors (Lipinski definition) is 2. The highest BCUT2D eigenvalue weighted by Crippen LogP contribution is 2.35. The molecule has 2 unspecified atom stereocenters. The van der Waals surface area contributed by atoms with Crippen LogP contribution in [0.5, 0.6) is 0 Å². The minimum Gasteiger partial charge on any atom is -0.344 e. The molecule has 2 saturated heterocycles. The van der Waals surface area contributed by atoms with Crippen LogP contribution in [0.2, 0.25) is 0 Å². The summed E-state index contributed by atoms with van der Waals surface area (Å²) in [6.07, 6.45) is 6.84. The molecule has 1 aliphatic carbocycles. The van der Waals surface area contributed by atoms with Crippen molar-refractivity contribution in [3.63, 3.8) is 0 Å². The molecule has 0 bridgehead atoms. The van der Waals surface area contributed by atoms with Gasteiger partial charge in [0.2, 0.25) is 5.91 Å². The molecular formula is C20H29N5O2. The third-order valence-corrected chi connectivity index (χ3v) is 6.09. The Hall–Kier alpha value is -1.99. The van der Waals surface area contributed by atoms with Crippen LogP contribution in [0.1, 0.15) is 42.6 Å². The minimum absolute atomic E-state index is 0.0105. The average molecular weight is 371 g/mol. The van der Waals surface area contributed by atoms with Gasteiger partial charge in [-0.25, -0.2) is 0 Å². The molecule has 7 nitrogen and oxygen atoms in total. The molecule has 1 saturated carbocycles. The fraction of sp³-hybridized carbons (Fsp3) is 0.650. The lowest BCUT2D eigenvalue weighted by Gasteiger charge is -2.33. The van der Waals surface area contributed by atoms with E-state index in [1.54, 1.807) is 18.3 Å². The SMILES string of the molecule is CN(CC1CC(C2CC2)NN1)C(=O)C1CCN(C(=O)c2ccccn2)CC1. The normalized spacial score (nSPS) is 26.2. The van der Waals surface area contributed by atoms with Crippen molar-refractivity contribution in [1.29, 1.82) is 0 Å². The first-order chi connectivity index (χ1) is 13.1. The second-order valence-corrected chi connectivity index (χ2v) is 8.17. The highest BCUT2D eigenvalue weighted by molar-refractivity contribution is 5.92. The van der Waals surface area contributed by atoms with Crippen LogP contribution in [0.15, 0.2) is 24.4 Å². The highest BCUT2D eigenvalue weighted by Gasteiger charge is 2.37. The standard InChI is InChI=1S/C20H29N5O2/c1-24(13-16-12-18(23-22-16)14-5-6-14)19(26)15-7-10-25(11-8-15)20(27)17-4-2-3-9-21-17/h2-4,9,14-16,18,22-23H,5-8,10-13H2,1H3. The van der Waals surface area contributed by atoms with Crippen molar-refractivity contribution in [3.05, 3.63) is 30.1 Å². The second-order valence-electron chi connectivity index (χ2n) is 8.17. The maximum Gasteiger partial charge on any atom is 0.272 e. The van der Waals surface area contributed by atoms with Gasteiger partial charge in [-0.1, -0.05) is 6.07 Å². The molecule has 27 heavy (non-hydrogen) atoms. The molecule has 146 valence electrons. The Bertz CT molecular complexity index is 670. The molecule has 0 aromatic carbocycles. The summed E-state index contributed by atoms with van der Waals surface area (Å²) < 4.78 is 0. The molecule has 2 amide bonds. The summed E-state index contributed by atoms with van der Waals surface area (Å²) in [5.41, 5.74) is 7.22. The predicted octanol–water partition coefficient (Wildman–Crippen LogP) is 1.04. The molecule has 4 rings (SSSR count). The summed E-state index contributed by atoms with van der Waals surface area (Å²) in [7, 11) is 1.90. The molecule has 3 fully saturated rings. The number of nitrogens with one attached hydrogen (secondary N) is 2. The van der Waals surface area contributed by atoms with E-state index in [0.29, 0.717) is 30.9 Å². The van der Waals surface area contributed by atoms with Gasteiger partial charge in [-0.05, 0) is 50.2 Å². The molecule has 7 heteroatoms. The number of amides is 2. The Labute approximate surface area is 160 Å². The Morgan fingerprint density at radius 2 is 1.96 bits per heavy atom. The number of likely N-dealkylation sites (tertiary alicyclic amines) is 1. The zero-order valence-electron chi connectivity index (χ0n) is 15.9. The van der Waals surface area contributed by atoms with Crippen LogP contribution in [-0.2, 0) is 4.79 Å². The van der Waals surface area contributed by atoms with E-state index in [0.717, 1.165) is 31.7 Å². The van der Waals surface area contributed by atoms with Crippen LogP contribution in [0.4, 0.5) is 0 Å². The number of aromatic nitrogens is 1. The minimum atomic E-state index is -0.0396. The third-order valence-electron chi connectivity index (χ3n) is 6.09. The van der Waals surface area contributed by atoms with Gasteiger partial charge in [0.1, 0.15) is 5.69 Å². The first-order valence-corrected chi connectivity index (χ1v) is 10.1. The van der Waals surface area contributed by atoms with Crippen molar-refractivity contribution >= 4 is 11.8 Å². The summed E-state index contributed by atoms with van der Waals surface area (Å²) in [4.78, 5) is 33.1. The van der Waals surface area contributed by atoms with E-state index in [4.69, 9.17) is 0 Å². The van der Waals surface area contributed by atoms with Gasteiger partial charge in [0, 0.05) is 50.9 Å². The smallest absolute Gasteiger partial charge is 0.272 e. The lowest BCUT2D eigenvalue weighted by molar-refractivity contribution is -0.135. The number of pyridine rings is 1. The number of nitrogens with zero attached hydrogens (tertiary/aromatic N) is 3. The van der Waals surface area contributed by atoms with E-state index >= 15 is 0 Å². The van der Waals surface area contributed by atoms with Gasteiger partial charge in [-0.15, -0.1) is 0 Å². The molecule has 0 radical (unpaired) electrons. The van der Waals surface area contributed by atoms with E-state index < -0.39 is 0 Å². The second kappa shape index (κ2) is 7.94. The van der Waals surface area contributed by atoms with Crippen molar-refractivity contribution in [2.24, 2.45) is 11.8 Å². The number of piperidine rings is 1. The largest absolute Gasteiger partial charge is 0.344 e. The van der Waals surface area contributed by atoms with Crippen LogP contribution in [0, 0.1) is 11.8 Å². The van der Waals surface area contributed by atoms with Crippen molar-refractivity contribution in [2.45, 2.75) is 44.2 Å². The van der Waals surface area contributed by atoms with E-state index in [1.165, 1.54) is 12.8 Å². The Balaban J connectivity index is 1.24. The van der Waals surface area contributed by atoms with Gasteiger partial charge in [-0.2, -0.15) is 0 Å². The van der Waals surface area contributed by atoms with Crippen molar-refractivity contribution in [2.75, 3.05) is 26.7 Å². The quantitative estimate of drug-likeness (QED) is 0.809. The maximum absolute atomic E-state index is 12.8. The molecule has 2 N–H and O–H groups in total. The van der Waals surface area contributed by atoms with Gasteiger partial charge in [0.15, 0.2) is 0 Å². The van der Waals surface area contributed by atoms with Crippen LogP contribution in [0.25, 0.3) is 0 Å². The topological polar surface area (TPSA) is 77.6 Å². The number of carbonyl (C=O) groups excluding carboxylic acids is 2. The molecule has 2 aliphatic heterocycles. The maximum atomic E-state index is 12.8. The van der Waals surface area contributed by atoms with Gasteiger partial charge >= 0.3 is 0 Å². The summed E-state index contributed by atoms with van der Waals surface area (Å²) >= 11 is 0. The predicted molar refractivity (Wildman–Crippen MR) is 102 cm³/mol. The lowest BCUT2D eigenvalue weighted by Crippen LogP contribution is -2.46. The summed E-state index contributed by atoms with van der Waals surface area (Å²) in [6.45, 7) is 1.97. The van der Waals surface area contributed by atoms with Crippen molar-refractivity contribution < 1.29 is 9.59 Å². The van der Waals surface area contributed by atoms with Crippen LogP contribution < -0.4 is 10.9 Å². The zero-order valence-corrected chi connectivity index (χ0v) is 15.9. The molecule has 1 aromatic heterocycles. The van der Waals surface area contributed by atoms with Crippen LogP contribution in [0.3, 0.4) is 0 Å². The van der Waals surface area contributed by atoms with Crippen molar-refractivity contribution in [1.82, 2.24) is 25.6 Å². The summed E-state index contributed by atoms with van der Waals surface area (Å²) in [5, 5.41) is 0. The van der Waals surface area contributed by atoms with E-state index in [9.17, 15) is 9.59 Å². The molecule has 0 spiro atoms. The Kier molecular flexibility index (Phi) is 5.41. The average Bonchev–Trinajstić information content (AvgIpc) is 3.47. The number of carbonyl (C=O) groups is 2. The van der Waals surface area contributed by atoms with Crippen LogP contribution in [-0.4, -0.2) is 65.4 Å². The molecular weight excluding hydrogens is 342 g/mol. The molecule has 1 aromatic rings. The van der Waals surface area contributed by atoms with Gasteiger partial charge < -0.3 is 9.80 Å². The fourth-order valence-corrected chi connectivity index (χ4v) is 4.29. The van der Waals surface area contributed by atoms with Crippen LogP contribution >= 0.6 is 0 Å². The fourth-order valence-electron chi connectivity index (χ4n) is 4.29. The third kappa shape index (κ3) is 4.30. The summed E-state index contributed by atoms with van der Waals surface area (Å²) in [6, 6.07) is 6.27. The number of hydrazine groups is 1. The number of likely N-dealkylation sites (N-methyl/N-ethyl adjacent to an activating group) is 1. The lowest BCUT2D eigenvalue weighted by atomic mass is 9.94. The molecule has 3 heterocycles. The first-order valence-electron chi connectivity index (χ1n) is 10.1. The molecule has 2 atom stereocenters. The van der Waals surface area contributed by atoms with Gasteiger partial charge in [0.25, 0.3) is 5.91 Å². The Morgan fingerprint density at radius 1 is 1.19 bits per heavy atom. The van der Waals surface area contributed by atoms with E-state index in [2.05, 4.69) is 15.8 Å². The Morgan fingerprint density at radius 3 is 2.63 bits per heavy atom. The number of rotatable bonds is 5. The molecule has 3 aliphatic rings. The van der Waals surface area contributed by atoms with Crippen molar-refractivity contribution in [3.8, 4) is 0 Å². The van der Waals surface area contributed by atoms with Gasteiger partial charge in [0.05, 0.1) is 0 Å². The first kappa shape index (κ1) is 18.4.